The van der Waals surface area contributed by atoms with Crippen LogP contribution in [0.5, 0.6) is 0 Å². The third-order valence-corrected chi connectivity index (χ3v) is 3.82. The number of benzene rings is 2. The second kappa shape index (κ2) is 5.96. The van der Waals surface area contributed by atoms with Crippen LogP contribution in [0.25, 0.3) is 10.8 Å². The molecule has 0 saturated carbocycles. The van der Waals surface area contributed by atoms with Gasteiger partial charge in [0.2, 0.25) is 0 Å². The van der Waals surface area contributed by atoms with Gasteiger partial charge in [-0.05, 0) is 23.6 Å². The van der Waals surface area contributed by atoms with Crippen LogP contribution in [0.4, 0.5) is 5.69 Å². The molecular formula is C19H20N2. The Hall–Kier alpha value is -2.35. The first-order chi connectivity index (χ1) is 10.3. The number of aromatic nitrogens is 1. The van der Waals surface area contributed by atoms with Crippen LogP contribution in [-0.2, 0) is 0 Å². The lowest BCUT2D eigenvalue weighted by molar-refractivity contribution is 0.547. The smallest absolute Gasteiger partial charge is 0.0536 e. The lowest BCUT2D eigenvalue weighted by Gasteiger charge is -2.25. The molecule has 0 fully saturated rings. The summed E-state index contributed by atoms with van der Waals surface area (Å²) in [6.45, 7) is 4.49. The Kier molecular flexibility index (Phi) is 3.87. The summed E-state index contributed by atoms with van der Waals surface area (Å²) in [5.41, 5.74) is 2.48. The molecule has 3 aromatic rings. The minimum atomic E-state index is 0.296. The van der Waals surface area contributed by atoms with Gasteiger partial charge >= 0.3 is 0 Å². The average Bonchev–Trinajstić information content (AvgIpc) is 2.53. The van der Waals surface area contributed by atoms with E-state index in [1.54, 1.807) is 0 Å². The number of pyridine rings is 1. The van der Waals surface area contributed by atoms with E-state index >= 15 is 0 Å². The predicted octanol–water partition coefficient (Wildman–Crippen LogP) is 5.04. The highest BCUT2D eigenvalue weighted by Crippen LogP contribution is 2.30. The molecule has 1 aromatic heterocycles. The van der Waals surface area contributed by atoms with Gasteiger partial charge in [-0.1, -0.05) is 56.3 Å². The second-order valence-corrected chi connectivity index (χ2v) is 5.68. The Morgan fingerprint density at radius 3 is 2.48 bits per heavy atom. The Morgan fingerprint density at radius 2 is 1.71 bits per heavy atom. The largest absolute Gasteiger partial charge is 0.377 e. The van der Waals surface area contributed by atoms with Gasteiger partial charge in [0.15, 0.2) is 0 Å². The van der Waals surface area contributed by atoms with Gasteiger partial charge in [-0.15, -0.1) is 0 Å². The number of nitrogens with zero attached hydrogens (tertiary/aromatic N) is 1. The summed E-state index contributed by atoms with van der Waals surface area (Å²) in [7, 11) is 0. The fourth-order valence-corrected chi connectivity index (χ4v) is 2.71. The zero-order chi connectivity index (χ0) is 14.7. The van der Waals surface area contributed by atoms with Gasteiger partial charge in [-0.25, -0.2) is 0 Å². The molecule has 0 saturated heterocycles. The second-order valence-electron chi connectivity index (χ2n) is 5.68. The SMILES string of the molecule is CC(C)C(Nc1cccc2cnccc12)c1ccccc1. The lowest BCUT2D eigenvalue weighted by Crippen LogP contribution is -2.16. The molecule has 0 aliphatic rings. The molecule has 2 nitrogen and oxygen atoms in total. The third kappa shape index (κ3) is 2.89. The molecule has 0 aliphatic heterocycles. The molecule has 0 aliphatic carbocycles. The van der Waals surface area contributed by atoms with Gasteiger partial charge in [0.05, 0.1) is 6.04 Å². The van der Waals surface area contributed by atoms with Crippen LogP contribution in [0.2, 0.25) is 0 Å². The molecule has 1 unspecified atom stereocenters. The summed E-state index contributed by atoms with van der Waals surface area (Å²) in [6, 6.07) is 19.3. The standard InChI is InChI=1S/C19H20N2/c1-14(2)19(15-7-4-3-5-8-15)21-18-10-6-9-16-13-20-12-11-17(16)18/h3-14,19,21H,1-2H3. The molecule has 106 valence electrons. The topological polar surface area (TPSA) is 24.9 Å². The van der Waals surface area contributed by atoms with Crippen molar-refractivity contribution in [3.63, 3.8) is 0 Å². The molecule has 21 heavy (non-hydrogen) atoms. The van der Waals surface area contributed by atoms with E-state index in [9.17, 15) is 0 Å². The maximum atomic E-state index is 4.20. The van der Waals surface area contributed by atoms with E-state index in [0.717, 1.165) is 11.1 Å². The van der Waals surface area contributed by atoms with E-state index in [2.05, 4.69) is 78.7 Å². The summed E-state index contributed by atoms with van der Waals surface area (Å²) < 4.78 is 0. The normalized spacial score (nSPS) is 12.5. The van der Waals surface area contributed by atoms with E-state index in [-0.39, 0.29) is 0 Å². The highest BCUT2D eigenvalue weighted by Gasteiger charge is 2.16. The summed E-state index contributed by atoms with van der Waals surface area (Å²) in [5.74, 6) is 0.504. The Labute approximate surface area is 125 Å². The Morgan fingerprint density at radius 1 is 0.905 bits per heavy atom. The number of fused-ring (bicyclic) bond motifs is 1. The van der Waals surface area contributed by atoms with E-state index in [4.69, 9.17) is 0 Å². The van der Waals surface area contributed by atoms with Crippen LogP contribution < -0.4 is 5.32 Å². The van der Waals surface area contributed by atoms with Gasteiger partial charge in [0.1, 0.15) is 0 Å². The van der Waals surface area contributed by atoms with Gasteiger partial charge in [0, 0.05) is 28.9 Å². The van der Waals surface area contributed by atoms with Crippen molar-refractivity contribution < 1.29 is 0 Å². The van der Waals surface area contributed by atoms with Gasteiger partial charge < -0.3 is 5.32 Å². The van der Waals surface area contributed by atoms with Gasteiger partial charge in [-0.3, -0.25) is 4.98 Å². The van der Waals surface area contributed by atoms with Crippen molar-refractivity contribution in [3.8, 4) is 0 Å². The number of rotatable bonds is 4. The molecule has 1 heterocycles. The summed E-state index contributed by atoms with van der Waals surface area (Å²) in [4.78, 5) is 4.20. The minimum absolute atomic E-state index is 0.296. The van der Waals surface area contributed by atoms with Crippen LogP contribution in [0.15, 0.2) is 67.0 Å². The Bertz CT molecular complexity index is 714. The number of hydrogen-bond acceptors (Lipinski definition) is 2. The first-order valence-electron chi connectivity index (χ1n) is 7.40. The molecule has 2 aromatic carbocycles. The zero-order valence-electron chi connectivity index (χ0n) is 12.5. The van der Waals surface area contributed by atoms with Gasteiger partial charge in [-0.2, -0.15) is 0 Å². The van der Waals surface area contributed by atoms with Crippen LogP contribution >= 0.6 is 0 Å². The molecule has 1 N–H and O–H groups in total. The summed E-state index contributed by atoms with van der Waals surface area (Å²) in [6.07, 6.45) is 3.76. The minimum Gasteiger partial charge on any atom is -0.377 e. The van der Waals surface area contributed by atoms with Crippen molar-refractivity contribution in [3.05, 3.63) is 72.6 Å². The number of hydrogen-bond donors (Lipinski definition) is 1. The maximum Gasteiger partial charge on any atom is 0.0536 e. The molecule has 2 heteroatoms. The molecule has 3 rings (SSSR count). The van der Waals surface area contributed by atoms with Crippen molar-refractivity contribution in [2.75, 3.05) is 5.32 Å². The van der Waals surface area contributed by atoms with E-state index < -0.39 is 0 Å². The average molecular weight is 276 g/mol. The molecule has 0 bridgehead atoms. The number of anilines is 1. The van der Waals surface area contributed by atoms with E-state index in [1.807, 2.05) is 12.4 Å². The van der Waals surface area contributed by atoms with Gasteiger partial charge in [0.25, 0.3) is 0 Å². The molecule has 1 atom stereocenters. The number of nitrogens with one attached hydrogen (secondary N) is 1. The van der Waals surface area contributed by atoms with Crippen LogP contribution in [0.1, 0.15) is 25.5 Å². The predicted molar refractivity (Wildman–Crippen MR) is 89.4 cm³/mol. The van der Waals surface area contributed by atoms with E-state index in [1.165, 1.54) is 10.9 Å². The molecular weight excluding hydrogens is 256 g/mol. The lowest BCUT2D eigenvalue weighted by atomic mass is 9.95. The zero-order valence-corrected chi connectivity index (χ0v) is 12.5. The van der Waals surface area contributed by atoms with Crippen LogP contribution in [-0.4, -0.2) is 4.98 Å². The van der Waals surface area contributed by atoms with Crippen molar-refractivity contribution in [1.29, 1.82) is 0 Å². The molecule has 0 radical (unpaired) electrons. The maximum absolute atomic E-state index is 4.20. The fraction of sp³-hybridized carbons (Fsp3) is 0.211. The monoisotopic (exact) mass is 276 g/mol. The highest BCUT2D eigenvalue weighted by molar-refractivity contribution is 5.93. The van der Waals surface area contributed by atoms with E-state index in [0.29, 0.717) is 12.0 Å². The molecule has 0 spiro atoms. The third-order valence-electron chi connectivity index (χ3n) is 3.82. The highest BCUT2D eigenvalue weighted by atomic mass is 14.9. The first kappa shape index (κ1) is 13.6. The van der Waals surface area contributed by atoms with Crippen molar-refractivity contribution >= 4 is 16.5 Å². The Balaban J connectivity index is 1.99. The summed E-state index contributed by atoms with van der Waals surface area (Å²) in [5, 5.41) is 6.09. The van der Waals surface area contributed by atoms with Crippen LogP contribution in [0, 0.1) is 5.92 Å². The molecule has 0 amide bonds. The first-order valence-corrected chi connectivity index (χ1v) is 7.40. The van der Waals surface area contributed by atoms with Crippen molar-refractivity contribution in [2.24, 2.45) is 5.92 Å². The summed E-state index contributed by atoms with van der Waals surface area (Å²) >= 11 is 0. The van der Waals surface area contributed by atoms with Crippen LogP contribution in [0.3, 0.4) is 0 Å². The fourth-order valence-electron chi connectivity index (χ4n) is 2.71. The van der Waals surface area contributed by atoms with Crippen molar-refractivity contribution in [1.82, 2.24) is 4.98 Å². The quantitative estimate of drug-likeness (QED) is 0.721. The van der Waals surface area contributed by atoms with Crippen molar-refractivity contribution in [2.45, 2.75) is 19.9 Å².